The number of nitrogens with zero attached hydrogens (tertiary/aromatic N) is 3. The van der Waals surface area contributed by atoms with Crippen molar-refractivity contribution >= 4 is 39.3 Å². The second kappa shape index (κ2) is 6.19. The molecule has 1 aromatic carbocycles. The van der Waals surface area contributed by atoms with Gasteiger partial charge in [-0.25, -0.2) is 9.97 Å². The topological polar surface area (TPSA) is 49.6 Å². The van der Waals surface area contributed by atoms with Crippen LogP contribution >= 0.6 is 39.3 Å². The summed E-state index contributed by atoms with van der Waals surface area (Å²) in [4.78, 5) is 9.30. The fraction of sp³-hybridized carbons (Fsp3) is 0.0833. The lowest BCUT2D eigenvalue weighted by Crippen LogP contribution is -1.94. The molecule has 2 rings (SSSR count). The van der Waals surface area contributed by atoms with Gasteiger partial charge in [-0.15, -0.1) is 11.8 Å². The monoisotopic (exact) mass is 339 g/mol. The maximum Gasteiger partial charge on any atom is 0.150 e. The first-order valence-corrected chi connectivity index (χ1v) is 7.14. The van der Waals surface area contributed by atoms with Crippen LogP contribution in [0.3, 0.4) is 0 Å². The summed E-state index contributed by atoms with van der Waals surface area (Å²) in [5.74, 6) is 1.23. The first-order valence-electron chi connectivity index (χ1n) is 4.99. The Morgan fingerprint density at radius 1 is 1.44 bits per heavy atom. The van der Waals surface area contributed by atoms with Crippen molar-refractivity contribution in [3.63, 3.8) is 0 Å². The molecular weight excluding hydrogens is 334 g/mol. The highest BCUT2D eigenvalue weighted by Crippen LogP contribution is 2.24. The Balaban J connectivity index is 2.07. The zero-order chi connectivity index (χ0) is 13.0. The number of hydrogen-bond acceptors (Lipinski definition) is 4. The molecule has 0 fully saturated rings. The minimum absolute atomic E-state index is 0.206. The van der Waals surface area contributed by atoms with Gasteiger partial charge in [0.1, 0.15) is 17.5 Å². The van der Waals surface area contributed by atoms with E-state index in [1.807, 2.05) is 30.3 Å². The summed E-state index contributed by atoms with van der Waals surface area (Å²) in [7, 11) is 0. The van der Waals surface area contributed by atoms with Crippen LogP contribution in [0.5, 0.6) is 0 Å². The van der Waals surface area contributed by atoms with Crippen molar-refractivity contribution in [1.29, 1.82) is 5.26 Å². The van der Waals surface area contributed by atoms with E-state index in [-0.39, 0.29) is 5.15 Å². The van der Waals surface area contributed by atoms with Gasteiger partial charge in [-0.1, -0.05) is 33.6 Å². The van der Waals surface area contributed by atoms with E-state index in [1.165, 1.54) is 6.20 Å². The van der Waals surface area contributed by atoms with Crippen molar-refractivity contribution in [3.8, 4) is 6.07 Å². The Kier molecular flexibility index (Phi) is 4.59. The Morgan fingerprint density at radius 2 is 2.28 bits per heavy atom. The molecule has 90 valence electrons. The third-order valence-electron chi connectivity index (χ3n) is 2.08. The smallest absolute Gasteiger partial charge is 0.150 e. The van der Waals surface area contributed by atoms with Crippen molar-refractivity contribution in [2.24, 2.45) is 0 Å². The molecule has 0 aliphatic heterocycles. The standard InChI is InChI=1S/C12H7BrClN3S/c13-9-2-1-3-10(4-9)18-7-11-16-6-8(5-15)12(14)17-11/h1-4,6H,7H2. The summed E-state index contributed by atoms with van der Waals surface area (Å²) >= 11 is 10.9. The summed E-state index contributed by atoms with van der Waals surface area (Å²) in [6, 6.07) is 9.91. The van der Waals surface area contributed by atoms with Gasteiger partial charge < -0.3 is 0 Å². The number of rotatable bonds is 3. The molecule has 0 radical (unpaired) electrons. The minimum Gasteiger partial charge on any atom is -0.239 e. The molecule has 0 saturated heterocycles. The van der Waals surface area contributed by atoms with E-state index in [0.717, 1.165) is 9.37 Å². The van der Waals surface area contributed by atoms with Crippen LogP contribution in [0.4, 0.5) is 0 Å². The van der Waals surface area contributed by atoms with E-state index in [4.69, 9.17) is 16.9 Å². The van der Waals surface area contributed by atoms with Gasteiger partial charge in [-0.2, -0.15) is 5.26 Å². The first kappa shape index (κ1) is 13.3. The molecule has 18 heavy (non-hydrogen) atoms. The third-order valence-corrected chi connectivity index (χ3v) is 3.85. The van der Waals surface area contributed by atoms with E-state index in [1.54, 1.807) is 11.8 Å². The molecule has 0 aliphatic carbocycles. The maximum absolute atomic E-state index is 8.72. The van der Waals surface area contributed by atoms with E-state index in [2.05, 4.69) is 25.9 Å². The molecule has 0 atom stereocenters. The lowest BCUT2D eigenvalue weighted by molar-refractivity contribution is 1.03. The molecule has 0 saturated carbocycles. The average Bonchev–Trinajstić information content (AvgIpc) is 2.37. The van der Waals surface area contributed by atoms with Crippen molar-refractivity contribution in [2.75, 3.05) is 0 Å². The van der Waals surface area contributed by atoms with Crippen LogP contribution in [-0.4, -0.2) is 9.97 Å². The van der Waals surface area contributed by atoms with Crippen molar-refractivity contribution < 1.29 is 0 Å². The van der Waals surface area contributed by atoms with Crippen molar-refractivity contribution in [2.45, 2.75) is 10.6 Å². The molecule has 0 unspecified atom stereocenters. The largest absolute Gasteiger partial charge is 0.239 e. The van der Waals surface area contributed by atoms with Gasteiger partial charge in [0.05, 0.1) is 5.75 Å². The second-order valence-corrected chi connectivity index (χ2v) is 5.67. The predicted molar refractivity (Wildman–Crippen MR) is 75.5 cm³/mol. The van der Waals surface area contributed by atoms with Gasteiger partial charge >= 0.3 is 0 Å². The summed E-state index contributed by atoms with van der Waals surface area (Å²) in [6.07, 6.45) is 1.45. The van der Waals surface area contributed by atoms with Crippen LogP contribution < -0.4 is 0 Å². The maximum atomic E-state index is 8.72. The molecule has 0 N–H and O–H groups in total. The number of nitriles is 1. The van der Waals surface area contributed by atoms with Gasteiger partial charge in [-0.05, 0) is 18.2 Å². The Morgan fingerprint density at radius 3 is 2.94 bits per heavy atom. The fourth-order valence-electron chi connectivity index (χ4n) is 1.24. The van der Waals surface area contributed by atoms with E-state index in [9.17, 15) is 0 Å². The fourth-order valence-corrected chi connectivity index (χ4v) is 2.80. The third kappa shape index (κ3) is 3.45. The van der Waals surface area contributed by atoms with Gasteiger partial charge in [-0.3, -0.25) is 0 Å². The Bertz CT molecular complexity index is 613. The number of halogens is 2. The number of thioether (sulfide) groups is 1. The number of aromatic nitrogens is 2. The van der Waals surface area contributed by atoms with Gasteiger partial charge in [0.15, 0.2) is 5.15 Å². The molecule has 6 heteroatoms. The number of benzene rings is 1. The zero-order valence-electron chi connectivity index (χ0n) is 9.10. The zero-order valence-corrected chi connectivity index (χ0v) is 12.3. The molecule has 0 bridgehead atoms. The normalized spacial score (nSPS) is 10.1. The molecule has 0 aliphatic rings. The van der Waals surface area contributed by atoms with Gasteiger partial charge in [0, 0.05) is 15.6 Å². The van der Waals surface area contributed by atoms with E-state index >= 15 is 0 Å². The summed E-state index contributed by atoms with van der Waals surface area (Å²) in [5.41, 5.74) is 0.299. The lowest BCUT2D eigenvalue weighted by Gasteiger charge is -2.02. The van der Waals surface area contributed by atoms with Crippen molar-refractivity contribution in [3.05, 3.63) is 51.5 Å². The lowest BCUT2D eigenvalue weighted by atomic mass is 10.4. The minimum atomic E-state index is 0.206. The Labute approximate surface area is 122 Å². The first-order chi connectivity index (χ1) is 8.69. The summed E-state index contributed by atoms with van der Waals surface area (Å²) < 4.78 is 1.03. The Hall–Kier alpha value is -1.09. The quantitative estimate of drug-likeness (QED) is 0.624. The molecular formula is C12H7BrClN3S. The summed E-state index contributed by atoms with van der Waals surface area (Å²) in [6.45, 7) is 0. The summed E-state index contributed by atoms with van der Waals surface area (Å²) in [5, 5.41) is 8.93. The van der Waals surface area contributed by atoms with Gasteiger partial charge in [0.2, 0.25) is 0 Å². The molecule has 3 nitrogen and oxygen atoms in total. The molecule has 2 aromatic rings. The van der Waals surface area contributed by atoms with Gasteiger partial charge in [0.25, 0.3) is 0 Å². The van der Waals surface area contributed by atoms with Crippen molar-refractivity contribution in [1.82, 2.24) is 9.97 Å². The highest BCUT2D eigenvalue weighted by molar-refractivity contribution is 9.10. The average molecular weight is 341 g/mol. The molecule has 1 aromatic heterocycles. The highest BCUT2D eigenvalue weighted by atomic mass is 79.9. The van der Waals surface area contributed by atoms with Crippen LogP contribution in [0.25, 0.3) is 0 Å². The molecule has 0 spiro atoms. The van der Waals surface area contributed by atoms with E-state index < -0.39 is 0 Å². The van der Waals surface area contributed by atoms with Crippen LogP contribution in [0.2, 0.25) is 5.15 Å². The predicted octanol–water partition coefficient (Wildman–Crippen LogP) is 4.06. The van der Waals surface area contributed by atoms with Crippen LogP contribution in [0, 0.1) is 11.3 Å². The second-order valence-electron chi connectivity index (χ2n) is 3.35. The van der Waals surface area contributed by atoms with Crippen LogP contribution in [0.1, 0.15) is 11.4 Å². The molecule has 0 amide bonds. The van der Waals surface area contributed by atoms with Crippen LogP contribution in [0.15, 0.2) is 39.8 Å². The highest BCUT2D eigenvalue weighted by Gasteiger charge is 2.05. The molecule has 1 heterocycles. The SMILES string of the molecule is N#Cc1cnc(CSc2cccc(Br)c2)nc1Cl. The number of hydrogen-bond donors (Lipinski definition) is 0. The van der Waals surface area contributed by atoms with Crippen LogP contribution in [-0.2, 0) is 5.75 Å². The van der Waals surface area contributed by atoms with E-state index in [0.29, 0.717) is 17.1 Å².